The molecule has 1 fully saturated rings. The number of aromatic nitrogens is 1. The number of piperazine rings is 1. The van der Waals surface area contributed by atoms with Crippen molar-refractivity contribution < 1.29 is 14.3 Å². The van der Waals surface area contributed by atoms with Crippen LogP contribution in [0.25, 0.3) is 10.9 Å². The average molecular weight is 356 g/mol. The van der Waals surface area contributed by atoms with Crippen molar-refractivity contribution >= 4 is 22.7 Å². The van der Waals surface area contributed by atoms with E-state index in [9.17, 15) is 9.59 Å². The number of hydrogen-bond donors (Lipinski definition) is 1. The Kier molecular flexibility index (Phi) is 5.37. The van der Waals surface area contributed by atoms with Crippen LogP contribution >= 0.6 is 0 Å². The Balaban J connectivity index is 1.74. The Bertz CT molecular complexity index is 829. The van der Waals surface area contributed by atoms with Gasteiger partial charge in [-0.3, -0.25) is 19.5 Å². The van der Waals surface area contributed by atoms with Crippen LogP contribution in [-0.2, 0) is 4.79 Å². The number of benzene rings is 1. The zero-order valence-corrected chi connectivity index (χ0v) is 15.4. The van der Waals surface area contributed by atoms with E-state index in [0.29, 0.717) is 44.0 Å². The lowest BCUT2D eigenvalue weighted by atomic mass is 10.1. The molecule has 7 nitrogen and oxygen atoms in total. The number of carbonyl (C=O) groups excluding carboxylic acids is 2. The lowest BCUT2D eigenvalue weighted by Gasteiger charge is -2.34. The summed E-state index contributed by atoms with van der Waals surface area (Å²) < 4.78 is 5.23. The van der Waals surface area contributed by atoms with Gasteiger partial charge in [0.05, 0.1) is 30.4 Å². The van der Waals surface area contributed by atoms with Crippen molar-refractivity contribution in [2.45, 2.75) is 6.92 Å². The summed E-state index contributed by atoms with van der Waals surface area (Å²) >= 11 is 0. The predicted molar refractivity (Wildman–Crippen MR) is 99.4 cm³/mol. The first-order valence-electron chi connectivity index (χ1n) is 8.69. The molecule has 0 saturated carbocycles. The molecule has 0 radical (unpaired) electrons. The van der Waals surface area contributed by atoms with Gasteiger partial charge in [0.1, 0.15) is 5.75 Å². The van der Waals surface area contributed by atoms with E-state index in [1.165, 1.54) is 0 Å². The minimum absolute atomic E-state index is 0.00483. The van der Waals surface area contributed by atoms with Crippen LogP contribution in [0.15, 0.2) is 24.3 Å². The molecule has 26 heavy (non-hydrogen) atoms. The number of amides is 2. The summed E-state index contributed by atoms with van der Waals surface area (Å²) in [5, 5.41) is 3.54. The summed E-state index contributed by atoms with van der Waals surface area (Å²) in [6.45, 7) is 4.82. The number of hydrogen-bond acceptors (Lipinski definition) is 5. The molecule has 0 aliphatic carbocycles. The zero-order valence-electron chi connectivity index (χ0n) is 15.4. The minimum atomic E-state index is -0.00712. The number of methoxy groups -OCH3 is 1. The monoisotopic (exact) mass is 356 g/mol. The number of carbonyl (C=O) groups is 2. The SMILES string of the molecule is CNC(=O)CN1CCN(C(=O)c2cc3ccc(OC)cc3nc2C)CC1. The van der Waals surface area contributed by atoms with Crippen molar-refractivity contribution in [3.05, 3.63) is 35.5 Å². The highest BCUT2D eigenvalue weighted by Crippen LogP contribution is 2.22. The molecular weight excluding hydrogens is 332 g/mol. The Morgan fingerprint density at radius 3 is 2.58 bits per heavy atom. The standard InChI is InChI=1S/C19H24N4O3/c1-13-16(10-14-4-5-15(26-3)11-17(14)21-13)19(25)23-8-6-22(7-9-23)12-18(24)20-2/h4-5,10-11H,6-9,12H2,1-3H3,(H,20,24). The summed E-state index contributed by atoms with van der Waals surface area (Å²) in [7, 11) is 3.25. The van der Waals surface area contributed by atoms with Crippen LogP contribution in [-0.4, -0.2) is 73.5 Å². The number of aryl methyl sites for hydroxylation is 1. The summed E-state index contributed by atoms with van der Waals surface area (Å²) in [6, 6.07) is 7.55. The van der Waals surface area contributed by atoms with E-state index < -0.39 is 0 Å². The topological polar surface area (TPSA) is 74.8 Å². The molecule has 7 heteroatoms. The fourth-order valence-electron chi connectivity index (χ4n) is 3.15. The van der Waals surface area contributed by atoms with Crippen molar-refractivity contribution in [1.82, 2.24) is 20.1 Å². The lowest BCUT2D eigenvalue weighted by molar-refractivity contribution is -0.122. The maximum atomic E-state index is 12.9. The number of fused-ring (bicyclic) bond motifs is 1. The molecule has 0 bridgehead atoms. The molecule has 1 N–H and O–H groups in total. The van der Waals surface area contributed by atoms with Crippen molar-refractivity contribution in [3.8, 4) is 5.75 Å². The molecule has 0 atom stereocenters. The van der Waals surface area contributed by atoms with Crippen molar-refractivity contribution in [2.75, 3.05) is 46.9 Å². The van der Waals surface area contributed by atoms with Gasteiger partial charge in [-0.15, -0.1) is 0 Å². The largest absolute Gasteiger partial charge is 0.497 e. The number of ether oxygens (including phenoxy) is 1. The van der Waals surface area contributed by atoms with Gasteiger partial charge in [0.25, 0.3) is 5.91 Å². The predicted octanol–water partition coefficient (Wildman–Crippen LogP) is 1.06. The Morgan fingerprint density at radius 1 is 1.19 bits per heavy atom. The molecule has 0 unspecified atom stereocenters. The van der Waals surface area contributed by atoms with E-state index in [0.717, 1.165) is 16.7 Å². The molecule has 1 aliphatic heterocycles. The van der Waals surface area contributed by atoms with Gasteiger partial charge in [0.15, 0.2) is 0 Å². The Hall–Kier alpha value is -2.67. The maximum absolute atomic E-state index is 12.9. The molecular formula is C19H24N4O3. The first-order chi connectivity index (χ1) is 12.5. The average Bonchev–Trinajstić information content (AvgIpc) is 2.66. The molecule has 138 valence electrons. The van der Waals surface area contributed by atoms with E-state index in [-0.39, 0.29) is 11.8 Å². The van der Waals surface area contributed by atoms with Crippen LogP contribution in [0.5, 0.6) is 5.75 Å². The number of nitrogens with zero attached hydrogens (tertiary/aromatic N) is 3. The second-order valence-electron chi connectivity index (χ2n) is 6.42. The highest BCUT2D eigenvalue weighted by atomic mass is 16.5. The third-order valence-corrected chi connectivity index (χ3v) is 4.75. The lowest BCUT2D eigenvalue weighted by Crippen LogP contribution is -2.51. The van der Waals surface area contributed by atoms with Crippen LogP contribution in [0.3, 0.4) is 0 Å². The van der Waals surface area contributed by atoms with Gasteiger partial charge in [-0.25, -0.2) is 0 Å². The van der Waals surface area contributed by atoms with Crippen LogP contribution in [0, 0.1) is 6.92 Å². The minimum Gasteiger partial charge on any atom is -0.497 e. The maximum Gasteiger partial charge on any atom is 0.255 e. The van der Waals surface area contributed by atoms with E-state index in [1.807, 2.05) is 36.1 Å². The van der Waals surface area contributed by atoms with E-state index >= 15 is 0 Å². The number of rotatable bonds is 4. The summed E-state index contributed by atoms with van der Waals surface area (Å²) in [4.78, 5) is 32.9. The summed E-state index contributed by atoms with van der Waals surface area (Å²) in [5.74, 6) is 0.734. The van der Waals surface area contributed by atoms with E-state index in [4.69, 9.17) is 4.74 Å². The van der Waals surface area contributed by atoms with E-state index in [2.05, 4.69) is 15.2 Å². The molecule has 1 aliphatic rings. The second kappa shape index (κ2) is 7.70. The zero-order chi connectivity index (χ0) is 18.7. The smallest absolute Gasteiger partial charge is 0.255 e. The third kappa shape index (κ3) is 3.77. The van der Waals surface area contributed by atoms with Gasteiger partial charge in [-0.1, -0.05) is 0 Å². The Labute approximate surface area is 152 Å². The van der Waals surface area contributed by atoms with Crippen molar-refractivity contribution in [2.24, 2.45) is 0 Å². The molecule has 2 heterocycles. The third-order valence-electron chi connectivity index (χ3n) is 4.75. The van der Waals surface area contributed by atoms with Gasteiger partial charge in [-0.2, -0.15) is 0 Å². The molecule has 2 amide bonds. The van der Waals surface area contributed by atoms with Gasteiger partial charge >= 0.3 is 0 Å². The molecule has 2 aromatic rings. The molecule has 1 saturated heterocycles. The van der Waals surface area contributed by atoms with Crippen LogP contribution in [0.1, 0.15) is 16.1 Å². The van der Waals surface area contributed by atoms with Gasteiger partial charge < -0.3 is 15.0 Å². The normalized spacial score (nSPS) is 15.1. The summed E-state index contributed by atoms with van der Waals surface area (Å²) in [6.07, 6.45) is 0. The van der Waals surface area contributed by atoms with E-state index in [1.54, 1.807) is 14.2 Å². The molecule has 0 spiro atoms. The highest BCUT2D eigenvalue weighted by Gasteiger charge is 2.24. The fourth-order valence-corrected chi connectivity index (χ4v) is 3.15. The quantitative estimate of drug-likeness (QED) is 0.887. The fraction of sp³-hybridized carbons (Fsp3) is 0.421. The number of pyridine rings is 1. The Morgan fingerprint density at radius 2 is 1.92 bits per heavy atom. The number of nitrogens with one attached hydrogen (secondary N) is 1. The second-order valence-corrected chi connectivity index (χ2v) is 6.42. The van der Waals surface area contributed by atoms with Gasteiger partial charge in [0, 0.05) is 44.7 Å². The highest BCUT2D eigenvalue weighted by molar-refractivity contribution is 5.98. The van der Waals surface area contributed by atoms with Gasteiger partial charge in [0.2, 0.25) is 5.91 Å². The molecule has 3 rings (SSSR count). The number of likely N-dealkylation sites (N-methyl/N-ethyl adjacent to an activating group) is 1. The van der Waals surface area contributed by atoms with Crippen molar-refractivity contribution in [3.63, 3.8) is 0 Å². The van der Waals surface area contributed by atoms with Gasteiger partial charge in [-0.05, 0) is 25.1 Å². The molecule has 1 aromatic carbocycles. The first-order valence-corrected chi connectivity index (χ1v) is 8.69. The van der Waals surface area contributed by atoms with Crippen LogP contribution in [0.2, 0.25) is 0 Å². The first kappa shape index (κ1) is 18.1. The molecule has 1 aromatic heterocycles. The van der Waals surface area contributed by atoms with Crippen LogP contribution in [0.4, 0.5) is 0 Å². The summed E-state index contributed by atoms with van der Waals surface area (Å²) in [5.41, 5.74) is 2.15. The van der Waals surface area contributed by atoms with Crippen LogP contribution < -0.4 is 10.1 Å². The van der Waals surface area contributed by atoms with Crippen molar-refractivity contribution in [1.29, 1.82) is 0 Å².